The van der Waals surface area contributed by atoms with E-state index >= 15 is 0 Å². The molecule has 2 N–H and O–H groups in total. The molecule has 0 spiro atoms. The normalized spacial score (nSPS) is 22.1. The average Bonchev–Trinajstić information content (AvgIpc) is 3.37. The number of aromatic hydroxyl groups is 1. The lowest BCUT2D eigenvalue weighted by atomic mass is 9.68. The predicted molar refractivity (Wildman–Crippen MR) is 124 cm³/mol. The summed E-state index contributed by atoms with van der Waals surface area (Å²) in [4.78, 5) is 40.6. The second kappa shape index (κ2) is 9.34. The average molecular weight is 484 g/mol. The Morgan fingerprint density at radius 1 is 1.15 bits per heavy atom. The Hall–Kier alpha value is -3.59. The molecule has 34 heavy (non-hydrogen) atoms. The zero-order valence-corrected chi connectivity index (χ0v) is 20.0. The number of hydrogen-bond acceptors (Lipinski definition) is 9. The minimum atomic E-state index is -1.05. The highest BCUT2D eigenvalue weighted by Gasteiger charge is 2.49. The largest absolute Gasteiger partial charge is 0.504 e. The molecule has 1 aliphatic carbocycles. The number of allylic oxidation sites excluding steroid dienone is 3. The van der Waals surface area contributed by atoms with Crippen molar-refractivity contribution in [3.63, 3.8) is 0 Å². The van der Waals surface area contributed by atoms with Crippen LogP contribution < -0.4 is 10.1 Å². The molecule has 1 aromatic heterocycles. The summed E-state index contributed by atoms with van der Waals surface area (Å²) in [6.45, 7) is 1.75. The van der Waals surface area contributed by atoms with Gasteiger partial charge >= 0.3 is 11.9 Å². The number of benzene rings is 1. The van der Waals surface area contributed by atoms with Gasteiger partial charge in [0.2, 0.25) is 0 Å². The molecule has 0 fully saturated rings. The van der Waals surface area contributed by atoms with Crippen molar-refractivity contribution < 1.29 is 33.7 Å². The summed E-state index contributed by atoms with van der Waals surface area (Å²) in [5, 5.41) is 15.2. The lowest BCUT2D eigenvalue weighted by Crippen LogP contribution is -2.43. The highest BCUT2D eigenvalue weighted by atomic mass is 32.1. The number of thiophene rings is 1. The lowest BCUT2D eigenvalue weighted by Gasteiger charge is -2.39. The summed E-state index contributed by atoms with van der Waals surface area (Å²) in [5.74, 6) is -3.78. The molecule has 0 amide bonds. The predicted octanol–water partition coefficient (Wildman–Crippen LogP) is 3.40. The summed E-state index contributed by atoms with van der Waals surface area (Å²) >= 11 is 1.48. The van der Waals surface area contributed by atoms with Gasteiger partial charge in [0.05, 0.1) is 26.9 Å². The zero-order valence-electron chi connectivity index (χ0n) is 19.2. The SMILES string of the molecule is COC(=O)C1=C(C)NC2=C(C(=O)[C@@H](C(=O)OC)[C@H](c3cccs3)C2)[C@@H]1c1ccc(O)c(OC)c1. The molecule has 178 valence electrons. The lowest BCUT2D eigenvalue weighted by molar-refractivity contribution is -0.149. The van der Waals surface area contributed by atoms with Gasteiger partial charge in [-0.15, -0.1) is 11.3 Å². The highest BCUT2D eigenvalue weighted by Crippen LogP contribution is 2.49. The number of rotatable bonds is 5. The number of hydrogen-bond donors (Lipinski definition) is 2. The van der Waals surface area contributed by atoms with Crippen LogP contribution in [0.25, 0.3) is 0 Å². The summed E-state index contributed by atoms with van der Waals surface area (Å²) in [7, 11) is 3.95. The number of nitrogens with one attached hydrogen (secondary N) is 1. The van der Waals surface area contributed by atoms with Crippen LogP contribution in [0.15, 0.2) is 58.3 Å². The Morgan fingerprint density at radius 3 is 2.53 bits per heavy atom. The van der Waals surface area contributed by atoms with Crippen LogP contribution >= 0.6 is 11.3 Å². The van der Waals surface area contributed by atoms with E-state index in [1.807, 2.05) is 17.5 Å². The van der Waals surface area contributed by atoms with Crippen LogP contribution in [-0.4, -0.2) is 44.2 Å². The van der Waals surface area contributed by atoms with Gasteiger partial charge in [0.25, 0.3) is 0 Å². The van der Waals surface area contributed by atoms with Crippen molar-refractivity contribution in [2.24, 2.45) is 5.92 Å². The van der Waals surface area contributed by atoms with E-state index in [1.165, 1.54) is 38.7 Å². The third-order valence-electron chi connectivity index (χ3n) is 6.33. The van der Waals surface area contributed by atoms with Crippen molar-refractivity contribution >= 4 is 29.1 Å². The van der Waals surface area contributed by atoms with Crippen molar-refractivity contribution in [1.29, 1.82) is 0 Å². The summed E-state index contributed by atoms with van der Waals surface area (Å²) < 4.78 is 15.3. The van der Waals surface area contributed by atoms with Gasteiger partial charge in [0.15, 0.2) is 17.3 Å². The first-order valence-corrected chi connectivity index (χ1v) is 11.5. The fraction of sp³-hybridized carbons (Fsp3) is 0.320. The molecule has 2 heterocycles. The molecule has 8 nitrogen and oxygen atoms in total. The van der Waals surface area contributed by atoms with E-state index in [4.69, 9.17) is 14.2 Å². The molecule has 1 aliphatic heterocycles. The summed E-state index contributed by atoms with van der Waals surface area (Å²) in [6, 6.07) is 8.43. The Bertz CT molecular complexity index is 1210. The third-order valence-corrected chi connectivity index (χ3v) is 7.33. The molecule has 0 saturated carbocycles. The van der Waals surface area contributed by atoms with Crippen LogP contribution in [-0.2, 0) is 23.9 Å². The number of dihydropyridines is 1. The van der Waals surface area contributed by atoms with Crippen LogP contribution in [0.5, 0.6) is 11.5 Å². The first-order chi connectivity index (χ1) is 16.3. The number of carbonyl (C=O) groups excluding carboxylic acids is 3. The minimum Gasteiger partial charge on any atom is -0.504 e. The monoisotopic (exact) mass is 483 g/mol. The molecule has 2 aromatic rings. The van der Waals surface area contributed by atoms with Crippen LogP contribution in [0.3, 0.4) is 0 Å². The maximum absolute atomic E-state index is 14.0. The molecule has 1 aromatic carbocycles. The molecule has 0 unspecified atom stereocenters. The van der Waals surface area contributed by atoms with Crippen molar-refractivity contribution in [2.45, 2.75) is 25.2 Å². The number of esters is 2. The van der Waals surface area contributed by atoms with Gasteiger partial charge < -0.3 is 24.6 Å². The quantitative estimate of drug-likeness (QED) is 0.492. The number of phenols is 1. The van der Waals surface area contributed by atoms with Crippen molar-refractivity contribution in [3.05, 3.63) is 68.7 Å². The fourth-order valence-electron chi connectivity index (χ4n) is 4.79. The van der Waals surface area contributed by atoms with Gasteiger partial charge in [0.1, 0.15) is 5.92 Å². The van der Waals surface area contributed by atoms with Gasteiger partial charge in [-0.1, -0.05) is 12.1 Å². The number of methoxy groups -OCH3 is 3. The van der Waals surface area contributed by atoms with E-state index in [2.05, 4.69) is 5.32 Å². The second-order valence-corrected chi connectivity index (χ2v) is 9.08. The third kappa shape index (κ3) is 3.86. The Morgan fingerprint density at radius 2 is 1.91 bits per heavy atom. The standard InChI is InChI=1S/C25H25NO7S/c1-12-19(24(29)32-3)20(13-7-8-16(27)17(10-13)31-2)22-15(26-12)11-14(18-6-5-9-34-18)21(23(22)28)25(30)33-4/h5-10,14,20-21,26-27H,11H2,1-4H3/t14-,20+,21-/m0/s1. The molecule has 0 saturated heterocycles. The smallest absolute Gasteiger partial charge is 0.336 e. The van der Waals surface area contributed by atoms with E-state index in [0.717, 1.165) is 4.88 Å². The zero-order chi connectivity index (χ0) is 24.6. The maximum Gasteiger partial charge on any atom is 0.336 e. The highest BCUT2D eigenvalue weighted by molar-refractivity contribution is 7.10. The van der Waals surface area contributed by atoms with Crippen LogP contribution in [0.2, 0.25) is 0 Å². The van der Waals surface area contributed by atoms with E-state index in [-0.39, 0.29) is 17.1 Å². The van der Waals surface area contributed by atoms with Crippen molar-refractivity contribution in [2.75, 3.05) is 21.3 Å². The summed E-state index contributed by atoms with van der Waals surface area (Å²) in [5.41, 5.74) is 2.31. The number of ketones is 1. The van der Waals surface area contributed by atoms with Crippen LogP contribution in [0, 0.1) is 5.92 Å². The van der Waals surface area contributed by atoms with Gasteiger partial charge in [-0.3, -0.25) is 9.59 Å². The molecule has 2 aliphatic rings. The van der Waals surface area contributed by atoms with Crippen molar-refractivity contribution in [3.8, 4) is 11.5 Å². The molecule has 0 bridgehead atoms. The minimum absolute atomic E-state index is 0.0742. The van der Waals surface area contributed by atoms with Crippen LogP contribution in [0.1, 0.15) is 35.6 Å². The number of carbonyl (C=O) groups is 3. The molecular weight excluding hydrogens is 458 g/mol. The van der Waals surface area contributed by atoms with Crippen LogP contribution in [0.4, 0.5) is 0 Å². The molecule has 9 heteroatoms. The van der Waals surface area contributed by atoms with E-state index < -0.39 is 35.5 Å². The maximum atomic E-state index is 14.0. The Balaban J connectivity index is 1.93. The number of ether oxygens (including phenoxy) is 3. The van der Waals surface area contributed by atoms with Gasteiger partial charge in [-0.05, 0) is 42.5 Å². The first kappa shape index (κ1) is 23.6. The van der Waals surface area contributed by atoms with E-state index in [0.29, 0.717) is 29.0 Å². The first-order valence-electron chi connectivity index (χ1n) is 10.6. The molecular formula is C25H25NO7S. The summed E-state index contributed by atoms with van der Waals surface area (Å²) in [6.07, 6.45) is 0.388. The van der Waals surface area contributed by atoms with Crippen molar-refractivity contribution in [1.82, 2.24) is 5.32 Å². The van der Waals surface area contributed by atoms with Gasteiger partial charge in [-0.25, -0.2) is 4.79 Å². The molecule has 0 radical (unpaired) electrons. The second-order valence-electron chi connectivity index (χ2n) is 8.10. The molecule has 3 atom stereocenters. The number of Topliss-reactive ketones (excluding diaryl/α,β-unsaturated/α-hetero) is 1. The van der Waals surface area contributed by atoms with E-state index in [9.17, 15) is 19.5 Å². The topological polar surface area (TPSA) is 111 Å². The number of phenolic OH excluding ortho intramolecular Hbond substituents is 1. The van der Waals surface area contributed by atoms with Gasteiger partial charge in [0, 0.05) is 33.7 Å². The Kier molecular flexibility index (Phi) is 6.47. The molecule has 4 rings (SSSR count). The van der Waals surface area contributed by atoms with E-state index in [1.54, 1.807) is 19.1 Å². The fourth-order valence-corrected chi connectivity index (χ4v) is 5.66. The Labute approximate surface area is 200 Å². The van der Waals surface area contributed by atoms with Gasteiger partial charge in [-0.2, -0.15) is 0 Å².